The van der Waals surface area contributed by atoms with Crippen molar-refractivity contribution in [3.05, 3.63) is 34.9 Å². The molecule has 0 aromatic carbocycles. The fourth-order valence-electron chi connectivity index (χ4n) is 2.61. The maximum atomic E-state index is 4.30. The third kappa shape index (κ3) is 4.29. The minimum Gasteiger partial charge on any atom is -0.368 e. The first-order chi connectivity index (χ1) is 12.7. The number of fused-ring (bicyclic) bond motifs is 1. The molecule has 1 unspecified atom stereocenters. The zero-order chi connectivity index (χ0) is 18.4. The molecule has 0 spiro atoms. The minimum atomic E-state index is 0.442. The van der Waals surface area contributed by atoms with E-state index in [9.17, 15) is 0 Å². The molecule has 0 aliphatic carbocycles. The van der Waals surface area contributed by atoms with Gasteiger partial charge in [-0.2, -0.15) is 16.4 Å². The summed E-state index contributed by atoms with van der Waals surface area (Å²) in [5.41, 5.74) is 2.17. The second kappa shape index (κ2) is 8.61. The largest absolute Gasteiger partial charge is 0.368 e. The molecule has 3 aromatic heterocycles. The standard InChI is InChI=1S/C17H24N8S/c1-12(13-4-7-26-10-13)8-21-17(18-2)20-6-5-19-15-14-9-24-25(3)16(14)23-11-22-15/h4,7,9-12H,5-6,8H2,1-3H3,(H2,18,20,21)(H,19,22,23). The van der Waals surface area contributed by atoms with Gasteiger partial charge in [0.1, 0.15) is 12.1 Å². The van der Waals surface area contributed by atoms with E-state index in [0.29, 0.717) is 12.5 Å². The molecule has 0 bridgehead atoms. The van der Waals surface area contributed by atoms with Gasteiger partial charge in [-0.1, -0.05) is 6.92 Å². The van der Waals surface area contributed by atoms with Crippen LogP contribution in [0.15, 0.2) is 34.3 Å². The Morgan fingerprint density at radius 3 is 2.96 bits per heavy atom. The number of rotatable bonds is 7. The average molecular weight is 373 g/mol. The van der Waals surface area contributed by atoms with Crippen LogP contribution in [0.2, 0.25) is 0 Å². The molecular formula is C17H24N8S. The molecule has 0 aliphatic heterocycles. The normalized spacial score (nSPS) is 13.0. The van der Waals surface area contributed by atoms with Gasteiger partial charge in [0.25, 0.3) is 0 Å². The van der Waals surface area contributed by atoms with Crippen molar-refractivity contribution < 1.29 is 0 Å². The van der Waals surface area contributed by atoms with Gasteiger partial charge in [0.2, 0.25) is 0 Å². The first-order valence-corrected chi connectivity index (χ1v) is 9.46. The summed E-state index contributed by atoms with van der Waals surface area (Å²) in [5, 5.41) is 19.4. The number of nitrogens with zero attached hydrogens (tertiary/aromatic N) is 5. The highest BCUT2D eigenvalue weighted by Crippen LogP contribution is 2.17. The fourth-order valence-corrected chi connectivity index (χ4v) is 3.39. The van der Waals surface area contributed by atoms with E-state index in [1.165, 1.54) is 5.56 Å². The van der Waals surface area contributed by atoms with Gasteiger partial charge in [0.05, 0.1) is 11.6 Å². The van der Waals surface area contributed by atoms with E-state index in [1.54, 1.807) is 35.6 Å². The highest BCUT2D eigenvalue weighted by molar-refractivity contribution is 7.07. The number of hydrogen-bond acceptors (Lipinski definition) is 6. The van der Waals surface area contributed by atoms with Crippen LogP contribution in [-0.2, 0) is 7.05 Å². The number of guanidine groups is 1. The Balaban J connectivity index is 1.44. The lowest BCUT2D eigenvalue weighted by Gasteiger charge is -2.15. The molecule has 0 amide bonds. The number of aryl methyl sites for hydroxylation is 1. The van der Waals surface area contributed by atoms with Gasteiger partial charge in [-0.3, -0.25) is 9.67 Å². The fraction of sp³-hybridized carbons (Fsp3) is 0.412. The molecule has 138 valence electrons. The first kappa shape index (κ1) is 18.1. The van der Waals surface area contributed by atoms with Crippen molar-refractivity contribution in [1.82, 2.24) is 30.4 Å². The molecule has 3 aromatic rings. The van der Waals surface area contributed by atoms with Crippen molar-refractivity contribution in [2.75, 3.05) is 32.0 Å². The van der Waals surface area contributed by atoms with Gasteiger partial charge in [-0.15, -0.1) is 0 Å². The van der Waals surface area contributed by atoms with E-state index in [-0.39, 0.29) is 0 Å². The lowest BCUT2D eigenvalue weighted by atomic mass is 10.1. The first-order valence-electron chi connectivity index (χ1n) is 8.52. The van der Waals surface area contributed by atoms with E-state index in [2.05, 4.69) is 59.8 Å². The predicted molar refractivity (Wildman–Crippen MR) is 107 cm³/mol. The van der Waals surface area contributed by atoms with Gasteiger partial charge in [0.15, 0.2) is 11.6 Å². The van der Waals surface area contributed by atoms with Gasteiger partial charge < -0.3 is 16.0 Å². The van der Waals surface area contributed by atoms with Crippen molar-refractivity contribution in [3.8, 4) is 0 Å². The molecule has 8 nitrogen and oxygen atoms in total. The van der Waals surface area contributed by atoms with Crippen LogP contribution in [-0.4, -0.2) is 52.4 Å². The van der Waals surface area contributed by atoms with E-state index < -0.39 is 0 Å². The highest BCUT2D eigenvalue weighted by Gasteiger charge is 2.08. The van der Waals surface area contributed by atoms with Crippen molar-refractivity contribution in [1.29, 1.82) is 0 Å². The molecule has 26 heavy (non-hydrogen) atoms. The van der Waals surface area contributed by atoms with Crippen LogP contribution in [0.5, 0.6) is 0 Å². The molecule has 3 rings (SSSR count). The molecule has 3 heterocycles. The summed E-state index contributed by atoms with van der Waals surface area (Å²) in [6.07, 6.45) is 3.32. The summed E-state index contributed by atoms with van der Waals surface area (Å²) in [6, 6.07) is 2.16. The van der Waals surface area contributed by atoms with Gasteiger partial charge in [-0.25, -0.2) is 9.97 Å². The van der Waals surface area contributed by atoms with Crippen LogP contribution in [0.25, 0.3) is 11.0 Å². The van der Waals surface area contributed by atoms with Gasteiger partial charge in [0, 0.05) is 33.7 Å². The zero-order valence-corrected chi connectivity index (χ0v) is 16.0. The van der Waals surface area contributed by atoms with Gasteiger partial charge >= 0.3 is 0 Å². The molecular weight excluding hydrogens is 348 g/mol. The second-order valence-corrected chi connectivity index (χ2v) is 6.77. The average Bonchev–Trinajstić information content (AvgIpc) is 3.32. The summed E-state index contributed by atoms with van der Waals surface area (Å²) < 4.78 is 1.74. The third-order valence-corrected chi connectivity index (χ3v) is 4.85. The lowest BCUT2D eigenvalue weighted by Crippen LogP contribution is -2.41. The monoisotopic (exact) mass is 372 g/mol. The predicted octanol–water partition coefficient (Wildman–Crippen LogP) is 1.81. The maximum Gasteiger partial charge on any atom is 0.191 e. The van der Waals surface area contributed by atoms with E-state index in [1.807, 2.05) is 7.05 Å². The Kier molecular flexibility index (Phi) is 6.00. The van der Waals surface area contributed by atoms with Crippen LogP contribution in [0.4, 0.5) is 5.82 Å². The van der Waals surface area contributed by atoms with E-state index in [0.717, 1.165) is 35.9 Å². The van der Waals surface area contributed by atoms with Crippen molar-refractivity contribution >= 4 is 34.1 Å². The smallest absolute Gasteiger partial charge is 0.191 e. The molecule has 0 fully saturated rings. The van der Waals surface area contributed by atoms with Gasteiger partial charge in [-0.05, 0) is 28.3 Å². The number of hydrogen-bond donors (Lipinski definition) is 3. The molecule has 0 saturated carbocycles. The Bertz CT molecular complexity index is 855. The quantitative estimate of drug-likeness (QED) is 0.333. The van der Waals surface area contributed by atoms with E-state index in [4.69, 9.17) is 0 Å². The number of thiophene rings is 1. The lowest BCUT2D eigenvalue weighted by molar-refractivity contribution is 0.702. The third-order valence-electron chi connectivity index (χ3n) is 4.15. The number of anilines is 1. The van der Waals surface area contributed by atoms with E-state index >= 15 is 0 Å². The van der Waals surface area contributed by atoms with Crippen LogP contribution in [0, 0.1) is 0 Å². The van der Waals surface area contributed by atoms with Crippen LogP contribution < -0.4 is 16.0 Å². The number of aliphatic imine (C=N–C) groups is 1. The van der Waals surface area contributed by atoms with Crippen molar-refractivity contribution in [3.63, 3.8) is 0 Å². The molecule has 3 N–H and O–H groups in total. The molecule has 1 atom stereocenters. The highest BCUT2D eigenvalue weighted by atomic mass is 32.1. The van der Waals surface area contributed by atoms with Crippen LogP contribution in [0.3, 0.4) is 0 Å². The Morgan fingerprint density at radius 2 is 2.19 bits per heavy atom. The Hall–Kier alpha value is -2.68. The molecule has 9 heteroatoms. The molecule has 0 aliphatic rings. The zero-order valence-electron chi connectivity index (χ0n) is 15.2. The van der Waals surface area contributed by atoms with Crippen molar-refractivity contribution in [2.45, 2.75) is 12.8 Å². The molecule has 0 radical (unpaired) electrons. The maximum absolute atomic E-state index is 4.30. The number of aromatic nitrogens is 4. The molecule has 0 saturated heterocycles. The minimum absolute atomic E-state index is 0.442. The Labute approximate surface area is 156 Å². The number of nitrogens with one attached hydrogen (secondary N) is 3. The summed E-state index contributed by atoms with van der Waals surface area (Å²) in [6.45, 7) is 4.48. The second-order valence-electron chi connectivity index (χ2n) is 5.99. The van der Waals surface area contributed by atoms with Crippen LogP contribution in [0.1, 0.15) is 18.4 Å². The summed E-state index contributed by atoms with van der Waals surface area (Å²) >= 11 is 1.73. The topological polar surface area (TPSA) is 92.1 Å². The summed E-state index contributed by atoms with van der Waals surface area (Å²) in [7, 11) is 3.65. The van der Waals surface area contributed by atoms with Crippen LogP contribution >= 0.6 is 11.3 Å². The summed E-state index contributed by atoms with van der Waals surface area (Å²) in [5.74, 6) is 2.03. The SMILES string of the molecule is CN=C(NCCNc1ncnc2c1cnn2C)NCC(C)c1ccsc1. The summed E-state index contributed by atoms with van der Waals surface area (Å²) in [4.78, 5) is 12.8. The Morgan fingerprint density at radius 1 is 1.31 bits per heavy atom. The van der Waals surface area contributed by atoms with Crippen molar-refractivity contribution in [2.24, 2.45) is 12.0 Å².